The van der Waals surface area contributed by atoms with Crippen molar-refractivity contribution in [2.45, 2.75) is 13.8 Å². The molecule has 4 rings (SSSR count). The van der Waals surface area contributed by atoms with Crippen molar-refractivity contribution in [1.29, 1.82) is 0 Å². The van der Waals surface area contributed by atoms with Crippen molar-refractivity contribution in [2.24, 2.45) is 0 Å². The minimum Gasteiger partial charge on any atom is -0.359 e. The van der Waals surface area contributed by atoms with E-state index in [0.29, 0.717) is 5.57 Å². The maximum Gasteiger partial charge on any atom is 0.256 e. The Morgan fingerprint density at radius 3 is 2.48 bits per heavy atom. The second-order valence-corrected chi connectivity index (χ2v) is 6.30. The number of hydrogen-bond acceptors (Lipinski definition) is 1. The molecule has 1 amide bonds. The predicted molar refractivity (Wildman–Crippen MR) is 98.6 cm³/mol. The summed E-state index contributed by atoms with van der Waals surface area (Å²) >= 11 is 0. The van der Waals surface area contributed by atoms with Crippen LogP contribution in [0.2, 0.25) is 0 Å². The Kier molecular flexibility index (Phi) is 3.53. The number of amides is 1. The number of carbonyl (C=O) groups excluding carboxylic acids is 1. The summed E-state index contributed by atoms with van der Waals surface area (Å²) in [6, 6.07) is 14.1. The quantitative estimate of drug-likeness (QED) is 0.642. The summed E-state index contributed by atoms with van der Waals surface area (Å²) < 4.78 is 13.3. The van der Waals surface area contributed by atoms with E-state index in [1.54, 1.807) is 12.1 Å². The molecule has 1 aliphatic heterocycles. The predicted octanol–water partition coefficient (Wildman–Crippen LogP) is 4.93. The van der Waals surface area contributed by atoms with Crippen LogP contribution < -0.4 is 5.32 Å². The first kappa shape index (κ1) is 15.4. The van der Waals surface area contributed by atoms with Crippen LogP contribution in [0.25, 0.3) is 22.8 Å². The number of carbonyl (C=O) groups is 1. The molecule has 3 nitrogen and oxygen atoms in total. The van der Waals surface area contributed by atoms with Crippen LogP contribution in [0, 0.1) is 19.7 Å². The number of hydrogen-bond donors (Lipinski definition) is 2. The lowest BCUT2D eigenvalue weighted by Gasteiger charge is -2.08. The van der Waals surface area contributed by atoms with Gasteiger partial charge in [0.05, 0.1) is 5.57 Å². The summed E-state index contributed by atoms with van der Waals surface area (Å²) in [5, 5.41) is 2.92. The Morgan fingerprint density at radius 2 is 1.80 bits per heavy atom. The molecule has 4 heteroatoms. The molecule has 0 radical (unpaired) electrons. The molecule has 1 aromatic heterocycles. The van der Waals surface area contributed by atoms with E-state index in [4.69, 9.17) is 0 Å². The molecule has 1 aliphatic rings. The lowest BCUT2D eigenvalue weighted by atomic mass is 9.94. The summed E-state index contributed by atoms with van der Waals surface area (Å²) in [4.78, 5) is 15.8. The second kappa shape index (κ2) is 5.74. The summed E-state index contributed by atoms with van der Waals surface area (Å²) in [7, 11) is 0. The zero-order valence-electron chi connectivity index (χ0n) is 14.0. The van der Waals surface area contributed by atoms with E-state index in [-0.39, 0.29) is 11.7 Å². The number of H-pyrrole nitrogens is 1. The molecule has 2 aromatic carbocycles. The molecule has 25 heavy (non-hydrogen) atoms. The number of benzene rings is 2. The molecule has 2 heterocycles. The molecule has 0 saturated carbocycles. The van der Waals surface area contributed by atoms with Crippen molar-refractivity contribution in [2.75, 3.05) is 5.32 Å². The van der Waals surface area contributed by atoms with E-state index in [1.165, 1.54) is 12.1 Å². The van der Waals surface area contributed by atoms with E-state index in [0.717, 1.165) is 39.3 Å². The molecule has 124 valence electrons. The van der Waals surface area contributed by atoms with Gasteiger partial charge in [0.2, 0.25) is 0 Å². The van der Waals surface area contributed by atoms with Gasteiger partial charge in [0, 0.05) is 22.6 Å². The third-order valence-corrected chi connectivity index (χ3v) is 4.46. The minimum atomic E-state index is -0.279. The fourth-order valence-corrected chi connectivity index (χ4v) is 3.30. The van der Waals surface area contributed by atoms with Crippen molar-refractivity contribution in [3.63, 3.8) is 0 Å². The van der Waals surface area contributed by atoms with Gasteiger partial charge in [0.1, 0.15) is 5.82 Å². The lowest BCUT2D eigenvalue weighted by Crippen LogP contribution is -2.03. The zero-order chi connectivity index (χ0) is 17.6. The highest BCUT2D eigenvalue weighted by molar-refractivity contribution is 6.36. The van der Waals surface area contributed by atoms with Crippen LogP contribution in [0.4, 0.5) is 10.1 Å². The standard InChI is InChI=1S/C21H17FN2O/c1-12-10-13(2)23-19(12)11-17-20-16(14-6-8-15(22)9-7-14)4-3-5-18(20)24-21(17)25/h3-11,23H,1-2H3,(H,24,25). The van der Waals surface area contributed by atoms with Gasteiger partial charge >= 0.3 is 0 Å². The minimum absolute atomic E-state index is 0.129. The molecule has 0 atom stereocenters. The maximum atomic E-state index is 13.3. The van der Waals surface area contributed by atoms with Crippen LogP contribution in [-0.2, 0) is 4.79 Å². The van der Waals surface area contributed by atoms with Crippen LogP contribution in [0.5, 0.6) is 0 Å². The summed E-state index contributed by atoms with van der Waals surface area (Å²) in [6.07, 6.45) is 1.89. The van der Waals surface area contributed by atoms with Gasteiger partial charge < -0.3 is 10.3 Å². The molecule has 2 N–H and O–H groups in total. The number of aromatic amines is 1. The van der Waals surface area contributed by atoms with E-state index in [2.05, 4.69) is 10.3 Å². The summed E-state index contributed by atoms with van der Waals surface area (Å²) in [6.45, 7) is 4.00. The van der Waals surface area contributed by atoms with Gasteiger partial charge in [0.25, 0.3) is 5.91 Å². The molecule has 0 bridgehead atoms. The molecular formula is C21H17FN2O. The number of aromatic nitrogens is 1. The van der Waals surface area contributed by atoms with E-state index in [9.17, 15) is 9.18 Å². The molecule has 3 aromatic rings. The van der Waals surface area contributed by atoms with Crippen LogP contribution in [-0.4, -0.2) is 10.9 Å². The monoisotopic (exact) mass is 332 g/mol. The van der Waals surface area contributed by atoms with Gasteiger partial charge in [-0.2, -0.15) is 0 Å². The van der Waals surface area contributed by atoms with Crippen LogP contribution in [0.15, 0.2) is 48.5 Å². The second-order valence-electron chi connectivity index (χ2n) is 6.30. The highest BCUT2D eigenvalue weighted by Gasteiger charge is 2.27. The summed E-state index contributed by atoms with van der Waals surface area (Å²) in [5.41, 5.74) is 7.08. The van der Waals surface area contributed by atoms with Gasteiger partial charge in [-0.25, -0.2) is 4.39 Å². The third-order valence-electron chi connectivity index (χ3n) is 4.46. The van der Waals surface area contributed by atoms with E-state index < -0.39 is 0 Å². The Balaban J connectivity index is 1.91. The smallest absolute Gasteiger partial charge is 0.256 e. The molecule has 0 unspecified atom stereocenters. The number of rotatable bonds is 2. The van der Waals surface area contributed by atoms with Gasteiger partial charge in [-0.05, 0) is 60.9 Å². The topological polar surface area (TPSA) is 44.9 Å². The van der Waals surface area contributed by atoms with Crippen LogP contribution in [0.3, 0.4) is 0 Å². The molecular weight excluding hydrogens is 315 g/mol. The Hall–Kier alpha value is -3.14. The normalized spacial score (nSPS) is 14.7. The van der Waals surface area contributed by atoms with Gasteiger partial charge in [-0.1, -0.05) is 24.3 Å². The SMILES string of the molecule is Cc1cc(C)c(C=C2C(=O)Nc3cccc(-c4ccc(F)cc4)c32)[nH]1. The number of aryl methyl sites for hydroxylation is 2. The number of nitrogens with one attached hydrogen (secondary N) is 2. The highest BCUT2D eigenvalue weighted by atomic mass is 19.1. The largest absolute Gasteiger partial charge is 0.359 e. The lowest BCUT2D eigenvalue weighted by molar-refractivity contribution is -0.110. The first-order chi connectivity index (χ1) is 12.0. The zero-order valence-corrected chi connectivity index (χ0v) is 14.0. The fourth-order valence-electron chi connectivity index (χ4n) is 3.30. The Bertz CT molecular complexity index is 1010. The van der Waals surface area contributed by atoms with E-state index in [1.807, 2.05) is 44.2 Å². The van der Waals surface area contributed by atoms with Crippen molar-refractivity contribution in [3.8, 4) is 11.1 Å². The first-order valence-electron chi connectivity index (χ1n) is 8.11. The molecule has 0 fully saturated rings. The van der Waals surface area contributed by atoms with Gasteiger partial charge in [-0.3, -0.25) is 4.79 Å². The van der Waals surface area contributed by atoms with Crippen molar-refractivity contribution in [3.05, 3.63) is 76.9 Å². The average molecular weight is 332 g/mol. The van der Waals surface area contributed by atoms with Crippen LogP contribution >= 0.6 is 0 Å². The Labute approximate surface area is 145 Å². The number of fused-ring (bicyclic) bond motifs is 1. The molecule has 0 spiro atoms. The maximum absolute atomic E-state index is 13.3. The number of halogens is 1. The van der Waals surface area contributed by atoms with Gasteiger partial charge in [0.15, 0.2) is 0 Å². The average Bonchev–Trinajstić information content (AvgIpc) is 3.07. The van der Waals surface area contributed by atoms with Gasteiger partial charge in [-0.15, -0.1) is 0 Å². The first-order valence-corrected chi connectivity index (χ1v) is 8.11. The Morgan fingerprint density at radius 1 is 1.04 bits per heavy atom. The van der Waals surface area contributed by atoms with Crippen molar-refractivity contribution in [1.82, 2.24) is 4.98 Å². The van der Waals surface area contributed by atoms with E-state index >= 15 is 0 Å². The third kappa shape index (κ3) is 2.66. The van der Waals surface area contributed by atoms with Crippen molar-refractivity contribution < 1.29 is 9.18 Å². The van der Waals surface area contributed by atoms with Crippen LogP contribution in [0.1, 0.15) is 22.5 Å². The van der Waals surface area contributed by atoms with Crippen molar-refractivity contribution >= 4 is 23.2 Å². The highest BCUT2D eigenvalue weighted by Crippen LogP contribution is 2.40. The molecule has 0 saturated heterocycles. The molecule has 0 aliphatic carbocycles. The number of anilines is 1. The fraction of sp³-hybridized carbons (Fsp3) is 0.0952. The summed E-state index contributed by atoms with van der Waals surface area (Å²) in [5.74, 6) is -0.407.